The Hall–Kier alpha value is -0.440. The van der Waals surface area contributed by atoms with Crippen molar-refractivity contribution in [3.05, 3.63) is 16.3 Å². The molecule has 0 saturated heterocycles. The van der Waals surface area contributed by atoms with Crippen LogP contribution < -0.4 is 5.73 Å². The monoisotopic (exact) mass is 229 g/mol. The summed E-state index contributed by atoms with van der Waals surface area (Å²) in [5.74, 6) is 1.21. The Balaban J connectivity index is 2.30. The van der Waals surface area contributed by atoms with Gasteiger partial charge in [-0.1, -0.05) is 12.8 Å². The highest BCUT2D eigenvalue weighted by Gasteiger charge is 2.23. The van der Waals surface area contributed by atoms with Crippen LogP contribution in [0.5, 0.6) is 0 Å². The molecule has 0 bridgehead atoms. The van der Waals surface area contributed by atoms with Crippen LogP contribution in [-0.4, -0.2) is 0 Å². The second kappa shape index (κ2) is 3.13. The van der Waals surface area contributed by atoms with E-state index in [9.17, 15) is 0 Å². The molecule has 1 fully saturated rings. The van der Waals surface area contributed by atoms with Gasteiger partial charge in [0, 0.05) is 5.56 Å². The molecule has 0 aromatic carbocycles. The lowest BCUT2D eigenvalue weighted by molar-refractivity contribution is 0.579. The van der Waals surface area contributed by atoms with Gasteiger partial charge in [-0.05, 0) is 34.7 Å². The highest BCUT2D eigenvalue weighted by atomic mass is 79.9. The predicted octanol–water partition coefficient (Wildman–Crippen LogP) is 3.28. The molecule has 1 aromatic heterocycles. The van der Waals surface area contributed by atoms with Crippen molar-refractivity contribution in [2.24, 2.45) is 0 Å². The van der Waals surface area contributed by atoms with Crippen LogP contribution in [0.1, 0.15) is 37.2 Å². The first-order chi connectivity index (χ1) is 5.79. The van der Waals surface area contributed by atoms with Crippen molar-refractivity contribution in [3.63, 3.8) is 0 Å². The van der Waals surface area contributed by atoms with Gasteiger partial charge in [-0.15, -0.1) is 0 Å². The first kappa shape index (κ1) is 8.17. The van der Waals surface area contributed by atoms with Gasteiger partial charge in [0.15, 0.2) is 5.88 Å². The number of halogens is 1. The zero-order valence-electron chi connectivity index (χ0n) is 6.85. The molecule has 66 valence electrons. The fourth-order valence-corrected chi connectivity index (χ4v) is 2.58. The van der Waals surface area contributed by atoms with Crippen molar-refractivity contribution in [2.75, 3.05) is 5.73 Å². The number of nitrogen functional groups attached to an aromatic ring is 1. The largest absolute Gasteiger partial charge is 0.448 e. The number of rotatable bonds is 1. The Morgan fingerprint density at radius 2 is 2.08 bits per heavy atom. The number of hydrogen-bond acceptors (Lipinski definition) is 2. The van der Waals surface area contributed by atoms with Crippen LogP contribution in [0.3, 0.4) is 0 Å². The Morgan fingerprint density at radius 3 is 2.58 bits per heavy atom. The Morgan fingerprint density at radius 1 is 1.42 bits per heavy atom. The number of anilines is 1. The first-order valence-electron chi connectivity index (χ1n) is 4.31. The molecule has 12 heavy (non-hydrogen) atoms. The molecule has 3 heteroatoms. The second-order valence-corrected chi connectivity index (χ2v) is 4.20. The number of furan rings is 1. The predicted molar refractivity (Wildman–Crippen MR) is 52.0 cm³/mol. The van der Waals surface area contributed by atoms with Crippen molar-refractivity contribution >= 4 is 21.8 Å². The lowest BCUT2D eigenvalue weighted by Crippen LogP contribution is -1.95. The molecule has 1 heterocycles. The number of hydrogen-bond donors (Lipinski definition) is 1. The standard InChI is InChI=1S/C9H12BrNO/c10-7-5-12-9(11)8(7)6-3-1-2-4-6/h5-6H,1-4,11H2. The molecule has 2 rings (SSSR count). The van der Waals surface area contributed by atoms with Gasteiger partial charge in [0.25, 0.3) is 0 Å². The third kappa shape index (κ3) is 1.26. The zero-order valence-corrected chi connectivity index (χ0v) is 8.43. The van der Waals surface area contributed by atoms with Gasteiger partial charge in [0.05, 0.1) is 4.47 Å². The maximum atomic E-state index is 5.72. The smallest absolute Gasteiger partial charge is 0.194 e. The summed E-state index contributed by atoms with van der Waals surface area (Å²) in [6.45, 7) is 0. The molecule has 1 saturated carbocycles. The van der Waals surface area contributed by atoms with E-state index in [-0.39, 0.29) is 0 Å². The maximum absolute atomic E-state index is 5.72. The van der Waals surface area contributed by atoms with Crippen molar-refractivity contribution in [3.8, 4) is 0 Å². The van der Waals surface area contributed by atoms with Gasteiger partial charge in [-0.2, -0.15) is 0 Å². The highest BCUT2D eigenvalue weighted by molar-refractivity contribution is 9.10. The van der Waals surface area contributed by atoms with Gasteiger partial charge in [0.2, 0.25) is 0 Å². The Kier molecular flexibility index (Phi) is 2.13. The van der Waals surface area contributed by atoms with Crippen LogP contribution in [0.2, 0.25) is 0 Å². The SMILES string of the molecule is Nc1occ(Br)c1C1CCCC1. The summed E-state index contributed by atoms with van der Waals surface area (Å²) in [4.78, 5) is 0. The molecule has 1 aliphatic carbocycles. The summed E-state index contributed by atoms with van der Waals surface area (Å²) in [7, 11) is 0. The van der Waals surface area contributed by atoms with Gasteiger partial charge in [0.1, 0.15) is 6.26 Å². The van der Waals surface area contributed by atoms with E-state index in [1.807, 2.05) is 0 Å². The van der Waals surface area contributed by atoms with E-state index in [0.717, 1.165) is 4.47 Å². The van der Waals surface area contributed by atoms with Crippen LogP contribution >= 0.6 is 15.9 Å². The molecule has 0 aliphatic heterocycles. The average molecular weight is 230 g/mol. The van der Waals surface area contributed by atoms with E-state index in [4.69, 9.17) is 10.2 Å². The van der Waals surface area contributed by atoms with Crippen molar-refractivity contribution in [2.45, 2.75) is 31.6 Å². The molecule has 0 radical (unpaired) electrons. The van der Waals surface area contributed by atoms with E-state index < -0.39 is 0 Å². The third-order valence-corrected chi connectivity index (χ3v) is 3.19. The van der Waals surface area contributed by atoms with Gasteiger partial charge in [-0.25, -0.2) is 0 Å². The van der Waals surface area contributed by atoms with E-state index in [2.05, 4.69) is 15.9 Å². The maximum Gasteiger partial charge on any atom is 0.194 e. The van der Waals surface area contributed by atoms with Gasteiger partial charge >= 0.3 is 0 Å². The fourth-order valence-electron chi connectivity index (χ4n) is 1.97. The van der Waals surface area contributed by atoms with E-state index in [1.54, 1.807) is 6.26 Å². The topological polar surface area (TPSA) is 39.2 Å². The molecule has 2 N–H and O–H groups in total. The minimum Gasteiger partial charge on any atom is -0.448 e. The van der Waals surface area contributed by atoms with Crippen molar-refractivity contribution < 1.29 is 4.42 Å². The lowest BCUT2D eigenvalue weighted by Gasteiger charge is -2.07. The van der Waals surface area contributed by atoms with Gasteiger partial charge < -0.3 is 10.2 Å². The summed E-state index contributed by atoms with van der Waals surface area (Å²) in [6, 6.07) is 0. The quantitative estimate of drug-likeness (QED) is 0.803. The zero-order chi connectivity index (χ0) is 8.55. The van der Waals surface area contributed by atoms with Crippen LogP contribution in [0, 0.1) is 0 Å². The molecular formula is C9H12BrNO. The van der Waals surface area contributed by atoms with E-state index in [0.29, 0.717) is 11.8 Å². The van der Waals surface area contributed by atoms with Gasteiger partial charge in [-0.3, -0.25) is 0 Å². The average Bonchev–Trinajstić information content (AvgIpc) is 2.61. The molecule has 0 amide bonds. The fraction of sp³-hybridized carbons (Fsp3) is 0.556. The highest BCUT2D eigenvalue weighted by Crippen LogP contribution is 2.41. The molecule has 1 aromatic rings. The normalized spacial score (nSPS) is 18.8. The Labute approximate surface area is 80.3 Å². The third-order valence-electron chi connectivity index (χ3n) is 2.58. The number of nitrogens with two attached hydrogens (primary N) is 1. The van der Waals surface area contributed by atoms with Crippen molar-refractivity contribution in [1.82, 2.24) is 0 Å². The summed E-state index contributed by atoms with van der Waals surface area (Å²) in [5, 5.41) is 0. The molecular weight excluding hydrogens is 218 g/mol. The second-order valence-electron chi connectivity index (χ2n) is 3.34. The van der Waals surface area contributed by atoms with Crippen LogP contribution in [0.4, 0.5) is 5.88 Å². The minimum atomic E-state index is 0.591. The van der Waals surface area contributed by atoms with Crippen LogP contribution in [0.15, 0.2) is 15.2 Å². The van der Waals surface area contributed by atoms with Crippen LogP contribution in [0.25, 0.3) is 0 Å². The molecule has 1 aliphatic rings. The van der Waals surface area contributed by atoms with Crippen LogP contribution in [-0.2, 0) is 0 Å². The molecule has 0 spiro atoms. The summed E-state index contributed by atoms with van der Waals surface area (Å²) in [5.41, 5.74) is 6.91. The summed E-state index contributed by atoms with van der Waals surface area (Å²) in [6.07, 6.45) is 6.83. The van der Waals surface area contributed by atoms with E-state index in [1.165, 1.54) is 31.2 Å². The van der Waals surface area contributed by atoms with E-state index >= 15 is 0 Å². The minimum absolute atomic E-state index is 0.591. The molecule has 0 unspecified atom stereocenters. The summed E-state index contributed by atoms with van der Waals surface area (Å²) < 4.78 is 6.17. The Bertz CT molecular complexity index is 257. The summed E-state index contributed by atoms with van der Waals surface area (Å²) >= 11 is 3.45. The first-order valence-corrected chi connectivity index (χ1v) is 5.10. The molecule has 2 nitrogen and oxygen atoms in total. The molecule has 0 atom stereocenters. The van der Waals surface area contributed by atoms with Crippen molar-refractivity contribution in [1.29, 1.82) is 0 Å². The lowest BCUT2D eigenvalue weighted by atomic mass is 10.0.